The van der Waals surface area contributed by atoms with Gasteiger partial charge in [0.2, 0.25) is 5.91 Å². The molecular formula is C28H30ClF3N6O3. The molecule has 4 saturated carbocycles. The van der Waals surface area contributed by atoms with Crippen molar-refractivity contribution in [1.82, 2.24) is 19.6 Å². The molecule has 2 atom stereocenters. The molecular weight excluding hydrogens is 561 g/mol. The predicted molar refractivity (Wildman–Crippen MR) is 144 cm³/mol. The Labute approximate surface area is 239 Å². The van der Waals surface area contributed by atoms with Crippen molar-refractivity contribution < 1.29 is 22.9 Å². The topological polar surface area (TPSA) is 108 Å². The van der Waals surface area contributed by atoms with Crippen LogP contribution in [0.5, 0.6) is 0 Å². The van der Waals surface area contributed by atoms with E-state index in [1.807, 2.05) is 0 Å². The predicted octanol–water partition coefficient (Wildman–Crippen LogP) is 6.65. The van der Waals surface area contributed by atoms with E-state index in [4.69, 9.17) is 11.6 Å². The molecule has 4 aliphatic carbocycles. The van der Waals surface area contributed by atoms with E-state index in [9.17, 15) is 28.1 Å². The Bertz CT molecular complexity index is 1530. The lowest BCUT2D eigenvalue weighted by molar-refractivity contribution is -0.389. The number of nitrogens with zero attached hydrogens (tertiary/aromatic N) is 5. The summed E-state index contributed by atoms with van der Waals surface area (Å²) in [6.07, 6.45) is 1.19. The second-order valence-electron chi connectivity index (χ2n) is 12.3. The fourth-order valence-electron chi connectivity index (χ4n) is 8.18. The summed E-state index contributed by atoms with van der Waals surface area (Å²) >= 11 is 6.30. The number of halogens is 4. The number of aromatic nitrogens is 4. The van der Waals surface area contributed by atoms with Gasteiger partial charge >= 0.3 is 12.0 Å². The maximum Gasteiger partial charge on any atom is 0.416 e. The molecule has 0 saturated heterocycles. The van der Waals surface area contributed by atoms with Crippen LogP contribution < -0.4 is 5.32 Å². The Kier molecular flexibility index (Phi) is 6.48. The first-order valence-corrected chi connectivity index (χ1v) is 14.0. The first kappa shape index (κ1) is 27.7. The van der Waals surface area contributed by atoms with Crippen LogP contribution in [0.15, 0.2) is 30.3 Å². The van der Waals surface area contributed by atoms with Gasteiger partial charge in [0.1, 0.15) is 0 Å². The Morgan fingerprint density at radius 1 is 1.17 bits per heavy atom. The average molecular weight is 591 g/mol. The Balaban J connectivity index is 1.19. The lowest BCUT2D eigenvalue weighted by Gasteiger charge is -2.61. The third-order valence-electron chi connectivity index (χ3n) is 9.17. The third kappa shape index (κ3) is 5.00. The Hall–Kier alpha value is -3.41. The first-order chi connectivity index (χ1) is 19.3. The van der Waals surface area contributed by atoms with Gasteiger partial charge in [0.05, 0.1) is 28.4 Å². The first-order valence-electron chi connectivity index (χ1n) is 13.7. The van der Waals surface area contributed by atoms with Crippen molar-refractivity contribution in [2.45, 2.75) is 77.1 Å². The van der Waals surface area contributed by atoms with E-state index in [0.717, 1.165) is 44.2 Å². The van der Waals surface area contributed by atoms with Crippen molar-refractivity contribution in [2.24, 2.45) is 17.3 Å². The highest BCUT2D eigenvalue weighted by Gasteiger charge is 2.61. The van der Waals surface area contributed by atoms with Crippen LogP contribution in [0.25, 0.3) is 0 Å². The van der Waals surface area contributed by atoms with Crippen LogP contribution in [0.4, 0.5) is 24.8 Å². The smallest absolute Gasteiger partial charge is 0.358 e. The van der Waals surface area contributed by atoms with Crippen LogP contribution in [0, 0.1) is 41.2 Å². The summed E-state index contributed by atoms with van der Waals surface area (Å²) in [5.41, 5.74) is 0.362. The maximum atomic E-state index is 13.4. The molecule has 4 bridgehead atoms. The highest BCUT2D eigenvalue weighted by molar-refractivity contribution is 6.33. The Morgan fingerprint density at radius 3 is 2.51 bits per heavy atom. The van der Waals surface area contributed by atoms with Gasteiger partial charge in [-0.2, -0.15) is 23.0 Å². The number of amides is 1. The summed E-state index contributed by atoms with van der Waals surface area (Å²) in [7, 11) is 0. The zero-order valence-corrected chi connectivity index (χ0v) is 23.4. The van der Waals surface area contributed by atoms with E-state index in [1.165, 1.54) is 6.07 Å². The van der Waals surface area contributed by atoms with E-state index < -0.39 is 22.2 Å². The largest absolute Gasteiger partial charge is 0.416 e. The van der Waals surface area contributed by atoms with Crippen molar-refractivity contribution in [3.63, 3.8) is 0 Å². The second kappa shape index (κ2) is 9.57. The van der Waals surface area contributed by atoms with Crippen LogP contribution in [0.2, 0.25) is 5.02 Å². The van der Waals surface area contributed by atoms with Crippen LogP contribution in [-0.2, 0) is 23.1 Å². The number of nitrogens with one attached hydrogen (secondary N) is 1. The molecule has 2 unspecified atom stereocenters. The minimum Gasteiger partial charge on any atom is -0.358 e. The number of benzene rings is 1. The van der Waals surface area contributed by atoms with Crippen LogP contribution in [0.3, 0.4) is 0 Å². The number of nitro groups is 1. The van der Waals surface area contributed by atoms with Gasteiger partial charge in [0.25, 0.3) is 0 Å². The van der Waals surface area contributed by atoms with Gasteiger partial charge < -0.3 is 15.4 Å². The molecule has 41 heavy (non-hydrogen) atoms. The van der Waals surface area contributed by atoms with Crippen molar-refractivity contribution in [2.75, 3.05) is 5.32 Å². The van der Waals surface area contributed by atoms with Crippen LogP contribution in [-0.4, -0.2) is 30.4 Å². The molecule has 1 N–H and O–H groups in total. The molecule has 218 valence electrons. The molecule has 2 heterocycles. The van der Waals surface area contributed by atoms with E-state index >= 15 is 0 Å². The molecule has 3 aromatic rings. The maximum absolute atomic E-state index is 13.4. The van der Waals surface area contributed by atoms with Crippen LogP contribution >= 0.6 is 11.6 Å². The average Bonchev–Trinajstić information content (AvgIpc) is 3.35. The zero-order chi connectivity index (χ0) is 29.3. The summed E-state index contributed by atoms with van der Waals surface area (Å²) in [6, 6.07) is 6.82. The molecule has 4 aliphatic rings. The van der Waals surface area contributed by atoms with Gasteiger partial charge in [0, 0.05) is 18.2 Å². The molecule has 7 rings (SSSR count). The monoisotopic (exact) mass is 590 g/mol. The SMILES string of the molecule is Cc1cc(NC(=O)CC23CC4CC(C2)CC(n2nc([N+](=O)[O-])c(Cl)c2C)(C4)C3)nn1Cc1cccc(C(F)(F)F)c1. The fraction of sp³-hybridized carbons (Fsp3) is 0.536. The zero-order valence-electron chi connectivity index (χ0n) is 22.7. The molecule has 4 fully saturated rings. The van der Waals surface area contributed by atoms with Crippen molar-refractivity contribution in [3.05, 3.63) is 68.0 Å². The van der Waals surface area contributed by atoms with Crippen LogP contribution in [0.1, 0.15) is 67.5 Å². The number of carbonyl (C=O) groups excluding carboxylic acids is 1. The van der Waals surface area contributed by atoms with E-state index in [1.54, 1.807) is 35.3 Å². The number of carbonyl (C=O) groups is 1. The molecule has 1 aromatic carbocycles. The van der Waals surface area contributed by atoms with Gasteiger partial charge in [-0.25, -0.2) is 0 Å². The summed E-state index contributed by atoms with van der Waals surface area (Å²) in [6.45, 7) is 3.69. The minimum atomic E-state index is -4.43. The summed E-state index contributed by atoms with van der Waals surface area (Å²) < 4.78 is 42.7. The van der Waals surface area contributed by atoms with Gasteiger partial charge in [0.15, 0.2) is 10.8 Å². The second-order valence-corrected chi connectivity index (χ2v) is 12.7. The van der Waals surface area contributed by atoms with Crippen molar-refractivity contribution in [1.29, 1.82) is 0 Å². The number of anilines is 1. The number of hydrogen-bond donors (Lipinski definition) is 1. The lowest BCUT2D eigenvalue weighted by atomic mass is 9.46. The number of rotatable bonds is 7. The van der Waals surface area contributed by atoms with E-state index in [-0.39, 0.29) is 35.1 Å². The highest BCUT2D eigenvalue weighted by atomic mass is 35.5. The van der Waals surface area contributed by atoms with Gasteiger partial charge in [-0.05, 0) is 92.2 Å². The number of hydrogen-bond acceptors (Lipinski definition) is 5. The van der Waals surface area contributed by atoms with E-state index in [0.29, 0.717) is 41.0 Å². The molecule has 1 amide bonds. The molecule has 2 aromatic heterocycles. The summed E-state index contributed by atoms with van der Waals surface area (Å²) in [5.74, 6) is 0.651. The van der Waals surface area contributed by atoms with Gasteiger partial charge in [-0.1, -0.05) is 23.7 Å². The normalized spacial score (nSPS) is 26.9. The minimum absolute atomic E-state index is 0.0635. The molecule has 9 nitrogen and oxygen atoms in total. The third-order valence-corrected chi connectivity index (χ3v) is 9.61. The lowest BCUT2D eigenvalue weighted by Crippen LogP contribution is -2.57. The molecule has 13 heteroatoms. The Morgan fingerprint density at radius 2 is 1.88 bits per heavy atom. The fourth-order valence-corrected chi connectivity index (χ4v) is 8.37. The van der Waals surface area contributed by atoms with Gasteiger partial charge in [-0.3, -0.25) is 9.48 Å². The quantitative estimate of drug-likeness (QED) is 0.245. The molecule has 0 aliphatic heterocycles. The highest BCUT2D eigenvalue weighted by Crippen LogP contribution is 2.65. The molecule has 0 spiro atoms. The number of alkyl halides is 3. The van der Waals surface area contributed by atoms with Crippen molar-refractivity contribution in [3.8, 4) is 0 Å². The van der Waals surface area contributed by atoms with Crippen molar-refractivity contribution >= 4 is 29.1 Å². The molecule has 0 radical (unpaired) electrons. The summed E-state index contributed by atoms with van der Waals surface area (Å²) in [4.78, 5) is 24.3. The standard InChI is InChI=1S/C28H30ClF3N6O3/c1-16-6-22(34-36(16)14-18-4-3-5-21(8-18)28(30,31)32)33-23(39)13-26-9-19-7-20(10-26)12-27(11-19,15-26)37-17(2)24(29)25(35-37)38(40)41/h3-6,8,19-20H,7,9-15H2,1-2H3,(H,33,34,39). The summed E-state index contributed by atoms with van der Waals surface area (Å²) in [5, 5.41) is 23.3. The van der Waals surface area contributed by atoms with E-state index in [2.05, 4.69) is 15.5 Å². The number of aryl methyl sites for hydroxylation is 1. The van der Waals surface area contributed by atoms with Gasteiger partial charge in [-0.15, -0.1) is 0 Å².